The number of nitrogen functional groups attached to an aromatic ring is 1. The van der Waals surface area contributed by atoms with E-state index in [1.165, 1.54) is 11.5 Å². The van der Waals surface area contributed by atoms with E-state index >= 15 is 0 Å². The number of primary amides is 1. The summed E-state index contributed by atoms with van der Waals surface area (Å²) < 4.78 is 4.18. The highest BCUT2D eigenvalue weighted by Gasteiger charge is 2.13. The van der Waals surface area contributed by atoms with Crippen LogP contribution in [-0.4, -0.2) is 21.8 Å². The zero-order valence-electron chi connectivity index (χ0n) is 11.0. The van der Waals surface area contributed by atoms with Gasteiger partial charge in [-0.25, -0.2) is 0 Å². The van der Waals surface area contributed by atoms with Crippen molar-refractivity contribution in [3.8, 4) is 11.1 Å². The number of nitrogens with one attached hydrogen (secondary N) is 1. The fourth-order valence-corrected chi connectivity index (χ4v) is 2.60. The number of amides is 1. The molecular weight excluding hydrogens is 274 g/mol. The first-order valence-corrected chi connectivity index (χ1v) is 7.13. The van der Waals surface area contributed by atoms with Crippen molar-refractivity contribution in [2.45, 2.75) is 19.3 Å². The molecule has 0 atom stereocenters. The van der Waals surface area contributed by atoms with Crippen LogP contribution in [0.5, 0.6) is 0 Å². The molecule has 0 saturated carbocycles. The Morgan fingerprint density at radius 3 is 2.95 bits per heavy atom. The van der Waals surface area contributed by atoms with Crippen LogP contribution in [0.4, 0.5) is 10.8 Å². The summed E-state index contributed by atoms with van der Waals surface area (Å²) in [6.45, 7) is 0.752. The van der Waals surface area contributed by atoms with Crippen molar-refractivity contribution < 1.29 is 4.79 Å². The maximum absolute atomic E-state index is 10.6. The number of rotatable bonds is 7. The molecule has 0 spiro atoms. The van der Waals surface area contributed by atoms with Gasteiger partial charge in [-0.2, -0.15) is 4.37 Å². The van der Waals surface area contributed by atoms with E-state index in [2.05, 4.69) is 14.7 Å². The Balaban J connectivity index is 1.98. The van der Waals surface area contributed by atoms with Gasteiger partial charge in [0.15, 0.2) is 0 Å². The fraction of sp³-hybridized carbons (Fsp3) is 0.308. The molecule has 7 heteroatoms. The van der Waals surface area contributed by atoms with Crippen molar-refractivity contribution in [1.29, 1.82) is 0 Å². The number of pyridine rings is 1. The molecule has 0 unspecified atom stereocenters. The highest BCUT2D eigenvalue weighted by Crippen LogP contribution is 2.36. The topological polar surface area (TPSA) is 107 Å². The summed E-state index contributed by atoms with van der Waals surface area (Å²) in [6.07, 6.45) is 5.54. The van der Waals surface area contributed by atoms with Gasteiger partial charge in [-0.3, -0.25) is 9.78 Å². The molecule has 2 aromatic heterocycles. The average Bonchev–Trinajstić information content (AvgIpc) is 2.80. The van der Waals surface area contributed by atoms with Crippen molar-refractivity contribution in [3.63, 3.8) is 0 Å². The van der Waals surface area contributed by atoms with Crippen LogP contribution >= 0.6 is 11.5 Å². The molecule has 2 heterocycles. The van der Waals surface area contributed by atoms with Gasteiger partial charge >= 0.3 is 0 Å². The number of nitrogens with two attached hydrogens (primary N) is 2. The van der Waals surface area contributed by atoms with Crippen LogP contribution in [-0.2, 0) is 4.79 Å². The number of carbonyl (C=O) groups excluding carboxylic acids is 1. The maximum Gasteiger partial charge on any atom is 0.217 e. The summed E-state index contributed by atoms with van der Waals surface area (Å²) >= 11 is 1.33. The highest BCUT2D eigenvalue weighted by molar-refractivity contribution is 7.11. The van der Waals surface area contributed by atoms with Crippen LogP contribution in [0.25, 0.3) is 11.1 Å². The Kier molecular flexibility index (Phi) is 4.89. The second-order valence-electron chi connectivity index (χ2n) is 4.36. The Hall–Kier alpha value is -2.15. The van der Waals surface area contributed by atoms with Gasteiger partial charge < -0.3 is 16.8 Å². The molecular formula is C13H17N5OS. The largest absolute Gasteiger partial charge is 0.382 e. The lowest BCUT2D eigenvalue weighted by Gasteiger charge is -2.06. The summed E-state index contributed by atoms with van der Waals surface area (Å²) in [6, 6.07) is 3.81. The number of aromatic nitrogens is 2. The van der Waals surface area contributed by atoms with Gasteiger partial charge in [0.25, 0.3) is 0 Å². The van der Waals surface area contributed by atoms with Crippen LogP contribution < -0.4 is 16.8 Å². The van der Waals surface area contributed by atoms with E-state index in [1.807, 2.05) is 12.1 Å². The monoisotopic (exact) mass is 291 g/mol. The van der Waals surface area contributed by atoms with Crippen LogP contribution in [0.1, 0.15) is 19.3 Å². The normalized spacial score (nSPS) is 10.4. The number of anilines is 2. The van der Waals surface area contributed by atoms with Gasteiger partial charge in [0.1, 0.15) is 10.8 Å². The highest BCUT2D eigenvalue weighted by atomic mass is 32.1. The number of carbonyl (C=O) groups is 1. The zero-order chi connectivity index (χ0) is 14.4. The SMILES string of the molecule is NC(=O)CCCCNc1snc(N)c1-c1cccnc1. The molecule has 20 heavy (non-hydrogen) atoms. The quantitative estimate of drug-likeness (QED) is 0.675. The molecule has 0 aromatic carbocycles. The molecule has 0 fully saturated rings. The number of hydrogen-bond donors (Lipinski definition) is 3. The molecule has 1 amide bonds. The van der Waals surface area contributed by atoms with E-state index in [4.69, 9.17) is 11.5 Å². The number of nitrogens with zero attached hydrogens (tertiary/aromatic N) is 2. The molecule has 0 saturated heterocycles. The predicted molar refractivity (Wildman–Crippen MR) is 81.3 cm³/mol. The van der Waals surface area contributed by atoms with Crippen LogP contribution in [0.15, 0.2) is 24.5 Å². The van der Waals surface area contributed by atoms with Crippen molar-refractivity contribution >= 4 is 28.3 Å². The minimum absolute atomic E-state index is 0.261. The summed E-state index contributed by atoms with van der Waals surface area (Å²) in [5.41, 5.74) is 12.8. The van der Waals surface area contributed by atoms with Gasteiger partial charge in [0.05, 0.1) is 5.56 Å². The van der Waals surface area contributed by atoms with Gasteiger partial charge in [-0.1, -0.05) is 6.07 Å². The third-order valence-electron chi connectivity index (χ3n) is 2.80. The molecule has 2 rings (SSSR count). The first-order valence-electron chi connectivity index (χ1n) is 6.36. The molecule has 0 bridgehead atoms. The fourth-order valence-electron chi connectivity index (χ4n) is 1.84. The molecule has 2 aromatic rings. The first kappa shape index (κ1) is 14.3. The smallest absolute Gasteiger partial charge is 0.217 e. The Bertz CT molecular complexity index is 569. The lowest BCUT2D eigenvalue weighted by molar-refractivity contribution is -0.118. The Morgan fingerprint density at radius 2 is 2.25 bits per heavy atom. The maximum atomic E-state index is 10.6. The summed E-state index contributed by atoms with van der Waals surface area (Å²) in [4.78, 5) is 14.7. The van der Waals surface area contributed by atoms with E-state index < -0.39 is 0 Å². The molecule has 5 N–H and O–H groups in total. The Labute approximate surface area is 121 Å². The second-order valence-corrected chi connectivity index (χ2v) is 5.14. The van der Waals surface area contributed by atoms with E-state index in [0.717, 1.165) is 35.5 Å². The van der Waals surface area contributed by atoms with Gasteiger partial charge in [0, 0.05) is 30.9 Å². The Morgan fingerprint density at radius 1 is 1.40 bits per heavy atom. The summed E-state index contributed by atoms with van der Waals surface area (Å²) in [7, 11) is 0. The molecule has 0 radical (unpaired) electrons. The van der Waals surface area contributed by atoms with Crippen LogP contribution in [0.2, 0.25) is 0 Å². The summed E-state index contributed by atoms with van der Waals surface area (Å²) in [5, 5.41) is 4.23. The van der Waals surface area contributed by atoms with Crippen molar-refractivity contribution in [2.24, 2.45) is 5.73 Å². The number of hydrogen-bond acceptors (Lipinski definition) is 6. The van der Waals surface area contributed by atoms with Crippen molar-refractivity contribution in [2.75, 3.05) is 17.6 Å². The third-order valence-corrected chi connectivity index (χ3v) is 3.62. The standard InChI is InChI=1S/C13H17N5OS/c14-10(19)5-1-2-7-17-13-11(12(15)18-20-13)9-4-3-6-16-8-9/h3-4,6,8,17H,1-2,5,7H2,(H2,14,19)(H2,15,18). The molecule has 0 aliphatic carbocycles. The summed E-state index contributed by atoms with van der Waals surface area (Å²) in [5.74, 6) is 0.241. The first-order chi connectivity index (χ1) is 9.68. The minimum Gasteiger partial charge on any atom is -0.382 e. The van der Waals surface area contributed by atoms with Crippen LogP contribution in [0.3, 0.4) is 0 Å². The lowest BCUT2D eigenvalue weighted by Crippen LogP contribution is -2.10. The van der Waals surface area contributed by atoms with Crippen molar-refractivity contribution in [3.05, 3.63) is 24.5 Å². The average molecular weight is 291 g/mol. The third kappa shape index (κ3) is 3.67. The van der Waals surface area contributed by atoms with Crippen molar-refractivity contribution in [1.82, 2.24) is 9.36 Å². The van der Waals surface area contributed by atoms with E-state index in [0.29, 0.717) is 12.2 Å². The van der Waals surface area contributed by atoms with Gasteiger partial charge in [0.2, 0.25) is 5.91 Å². The second kappa shape index (κ2) is 6.85. The molecule has 6 nitrogen and oxygen atoms in total. The van der Waals surface area contributed by atoms with E-state index in [9.17, 15) is 4.79 Å². The van der Waals surface area contributed by atoms with Crippen LogP contribution in [0, 0.1) is 0 Å². The predicted octanol–water partition coefficient (Wildman–Crippen LogP) is 1.85. The van der Waals surface area contributed by atoms with Gasteiger partial charge in [-0.05, 0) is 30.4 Å². The molecule has 0 aliphatic heterocycles. The molecule has 0 aliphatic rings. The number of unbranched alkanes of at least 4 members (excludes halogenated alkanes) is 1. The zero-order valence-corrected chi connectivity index (χ0v) is 11.8. The minimum atomic E-state index is -0.261. The van der Waals surface area contributed by atoms with E-state index in [1.54, 1.807) is 12.4 Å². The van der Waals surface area contributed by atoms with E-state index in [-0.39, 0.29) is 5.91 Å². The van der Waals surface area contributed by atoms with Gasteiger partial charge in [-0.15, -0.1) is 0 Å². The molecule has 106 valence electrons. The lowest BCUT2D eigenvalue weighted by atomic mass is 10.1.